The maximum atomic E-state index is 12.6. The molecule has 2 aromatic rings. The number of carboxylic acids is 1. The average Bonchev–Trinajstić information content (AvgIpc) is 2.89. The van der Waals surface area contributed by atoms with Crippen molar-refractivity contribution in [3.05, 3.63) is 64.6 Å². The number of anilines is 1. The molecule has 0 spiro atoms. The van der Waals surface area contributed by atoms with E-state index in [0.717, 1.165) is 22.9 Å². The standard InChI is InChI=1S/C20H17NO5S/c1-13-3-2-4-15(11-13)21-19(24)17(27-20(21)25)12-14-5-7-16(8-6-14)26-10-9-18(22)23/h2-8,11-12H,9-10H2,1H3,(H,22,23)/b17-12+. The maximum Gasteiger partial charge on any atom is 0.306 e. The molecule has 1 fully saturated rings. The third-order valence-corrected chi connectivity index (χ3v) is 4.69. The second-order valence-corrected chi connectivity index (χ2v) is 6.91. The number of nitrogens with zero attached hydrogens (tertiary/aromatic N) is 1. The van der Waals surface area contributed by atoms with Crippen LogP contribution in [0.3, 0.4) is 0 Å². The molecule has 3 rings (SSSR count). The first-order chi connectivity index (χ1) is 12.9. The number of thioether (sulfide) groups is 1. The summed E-state index contributed by atoms with van der Waals surface area (Å²) in [4.78, 5) is 36.9. The monoisotopic (exact) mass is 383 g/mol. The van der Waals surface area contributed by atoms with E-state index in [1.807, 2.05) is 13.0 Å². The zero-order chi connectivity index (χ0) is 19.4. The molecule has 6 nitrogen and oxygen atoms in total. The van der Waals surface area contributed by atoms with Crippen LogP contribution in [-0.2, 0) is 9.59 Å². The van der Waals surface area contributed by atoms with Gasteiger partial charge in [0.05, 0.1) is 23.6 Å². The number of benzene rings is 2. The molecule has 0 bridgehead atoms. The predicted octanol–water partition coefficient (Wildman–Crippen LogP) is 4.09. The lowest BCUT2D eigenvalue weighted by Gasteiger charge is -2.12. The largest absolute Gasteiger partial charge is 0.493 e. The van der Waals surface area contributed by atoms with Gasteiger partial charge in [-0.1, -0.05) is 24.3 Å². The van der Waals surface area contributed by atoms with Crippen LogP contribution >= 0.6 is 11.8 Å². The summed E-state index contributed by atoms with van der Waals surface area (Å²) >= 11 is 0.901. The number of ether oxygens (including phenoxy) is 1. The SMILES string of the molecule is Cc1cccc(N2C(=O)S/C(=C/c3ccc(OCCC(=O)O)cc3)C2=O)c1. The molecule has 1 N–H and O–H groups in total. The lowest BCUT2D eigenvalue weighted by Crippen LogP contribution is -2.27. The van der Waals surface area contributed by atoms with E-state index in [2.05, 4.69) is 0 Å². The van der Waals surface area contributed by atoms with Crippen molar-refractivity contribution in [3.63, 3.8) is 0 Å². The highest BCUT2D eigenvalue weighted by Gasteiger charge is 2.36. The first-order valence-corrected chi connectivity index (χ1v) is 9.05. The van der Waals surface area contributed by atoms with Crippen LogP contribution in [0.2, 0.25) is 0 Å². The summed E-state index contributed by atoms with van der Waals surface area (Å²) in [6.07, 6.45) is 1.58. The predicted molar refractivity (Wildman–Crippen MR) is 104 cm³/mol. The highest BCUT2D eigenvalue weighted by molar-refractivity contribution is 8.19. The van der Waals surface area contributed by atoms with Gasteiger partial charge in [-0.2, -0.15) is 0 Å². The van der Waals surface area contributed by atoms with Crippen LogP contribution in [0.25, 0.3) is 6.08 Å². The summed E-state index contributed by atoms with van der Waals surface area (Å²) < 4.78 is 5.33. The Morgan fingerprint density at radius 2 is 1.93 bits per heavy atom. The first-order valence-electron chi connectivity index (χ1n) is 8.23. The van der Waals surface area contributed by atoms with Crippen molar-refractivity contribution in [3.8, 4) is 5.75 Å². The molecule has 0 saturated carbocycles. The van der Waals surface area contributed by atoms with E-state index in [-0.39, 0.29) is 24.2 Å². The Hall–Kier alpha value is -3.06. The van der Waals surface area contributed by atoms with Gasteiger partial charge < -0.3 is 9.84 Å². The van der Waals surface area contributed by atoms with E-state index in [1.54, 1.807) is 48.5 Å². The maximum absolute atomic E-state index is 12.6. The van der Waals surface area contributed by atoms with E-state index in [1.165, 1.54) is 4.90 Å². The fourth-order valence-electron chi connectivity index (χ4n) is 2.53. The number of carbonyl (C=O) groups excluding carboxylic acids is 2. The second kappa shape index (κ2) is 8.09. The van der Waals surface area contributed by atoms with Crippen LogP contribution in [0.1, 0.15) is 17.5 Å². The Kier molecular flexibility index (Phi) is 5.61. The summed E-state index contributed by atoms with van der Waals surface area (Å²) in [5, 5.41) is 8.28. The number of aliphatic carboxylic acids is 1. The molecular weight excluding hydrogens is 366 g/mol. The molecule has 0 atom stereocenters. The van der Waals surface area contributed by atoms with Gasteiger partial charge in [0.15, 0.2) is 0 Å². The first kappa shape index (κ1) is 18.7. The van der Waals surface area contributed by atoms with E-state index < -0.39 is 5.97 Å². The molecule has 138 valence electrons. The summed E-state index contributed by atoms with van der Waals surface area (Å²) in [6.45, 7) is 1.99. The Balaban J connectivity index is 1.73. The number of aryl methyl sites for hydroxylation is 1. The molecule has 0 radical (unpaired) electrons. The van der Waals surface area contributed by atoms with Gasteiger partial charge in [-0.15, -0.1) is 0 Å². The van der Waals surface area contributed by atoms with E-state index in [4.69, 9.17) is 9.84 Å². The van der Waals surface area contributed by atoms with Crippen LogP contribution < -0.4 is 9.64 Å². The molecule has 1 aliphatic rings. The lowest BCUT2D eigenvalue weighted by atomic mass is 10.2. The van der Waals surface area contributed by atoms with E-state index in [0.29, 0.717) is 16.3 Å². The summed E-state index contributed by atoms with van der Waals surface area (Å²) in [5.74, 6) is -0.727. The zero-order valence-electron chi connectivity index (χ0n) is 14.5. The van der Waals surface area contributed by atoms with Gasteiger partial charge in [0.25, 0.3) is 11.1 Å². The van der Waals surface area contributed by atoms with Crippen LogP contribution in [0, 0.1) is 6.92 Å². The Bertz CT molecular complexity index is 920. The normalized spacial score (nSPS) is 15.4. The van der Waals surface area contributed by atoms with Crippen molar-refractivity contribution in [2.75, 3.05) is 11.5 Å². The highest BCUT2D eigenvalue weighted by atomic mass is 32.2. The summed E-state index contributed by atoms with van der Waals surface area (Å²) in [6, 6.07) is 14.1. The van der Waals surface area contributed by atoms with Crippen molar-refractivity contribution in [2.24, 2.45) is 0 Å². The van der Waals surface area contributed by atoms with Crippen molar-refractivity contribution in [1.82, 2.24) is 0 Å². The van der Waals surface area contributed by atoms with Gasteiger partial charge in [-0.25, -0.2) is 4.90 Å². The number of hydrogen-bond acceptors (Lipinski definition) is 5. The molecular formula is C20H17NO5S. The minimum absolute atomic E-state index is 0.0755. The van der Waals surface area contributed by atoms with E-state index in [9.17, 15) is 14.4 Å². The molecule has 0 aliphatic carbocycles. The number of carboxylic acid groups (broad SMARTS) is 1. The van der Waals surface area contributed by atoms with E-state index >= 15 is 0 Å². The third kappa shape index (κ3) is 4.57. The van der Waals surface area contributed by atoms with Gasteiger partial charge in [-0.3, -0.25) is 14.4 Å². The fraction of sp³-hybridized carbons (Fsp3) is 0.150. The number of imide groups is 1. The molecule has 0 unspecified atom stereocenters. The molecule has 1 heterocycles. The van der Waals surface area contributed by atoms with Crippen LogP contribution in [0.5, 0.6) is 5.75 Å². The Morgan fingerprint density at radius 1 is 1.19 bits per heavy atom. The molecule has 2 amide bonds. The van der Waals surface area contributed by atoms with Crippen molar-refractivity contribution in [2.45, 2.75) is 13.3 Å². The van der Waals surface area contributed by atoms with Crippen molar-refractivity contribution >= 4 is 40.6 Å². The van der Waals surface area contributed by atoms with Gasteiger partial charge in [-0.05, 0) is 60.2 Å². The molecule has 2 aromatic carbocycles. The van der Waals surface area contributed by atoms with Crippen LogP contribution in [-0.4, -0.2) is 28.8 Å². The van der Waals surface area contributed by atoms with Gasteiger partial charge in [0.2, 0.25) is 0 Å². The number of amides is 2. The summed E-state index contributed by atoms with van der Waals surface area (Å²) in [5.41, 5.74) is 2.27. The highest BCUT2D eigenvalue weighted by Crippen LogP contribution is 2.36. The fourth-order valence-corrected chi connectivity index (χ4v) is 3.37. The van der Waals surface area contributed by atoms with Crippen LogP contribution in [0.15, 0.2) is 53.4 Å². The quantitative estimate of drug-likeness (QED) is 0.757. The van der Waals surface area contributed by atoms with Gasteiger partial charge in [0.1, 0.15) is 5.75 Å². The minimum Gasteiger partial charge on any atom is -0.493 e. The van der Waals surface area contributed by atoms with Gasteiger partial charge in [0, 0.05) is 0 Å². The molecule has 1 aliphatic heterocycles. The molecule has 7 heteroatoms. The Labute approximate surface area is 160 Å². The average molecular weight is 383 g/mol. The third-order valence-electron chi connectivity index (χ3n) is 3.82. The number of hydrogen-bond donors (Lipinski definition) is 1. The lowest BCUT2D eigenvalue weighted by molar-refractivity contribution is -0.137. The second-order valence-electron chi connectivity index (χ2n) is 5.92. The topological polar surface area (TPSA) is 83.9 Å². The smallest absolute Gasteiger partial charge is 0.306 e. The summed E-state index contributed by atoms with van der Waals surface area (Å²) in [7, 11) is 0. The van der Waals surface area contributed by atoms with Crippen molar-refractivity contribution in [1.29, 1.82) is 0 Å². The number of carbonyl (C=O) groups is 3. The van der Waals surface area contributed by atoms with Gasteiger partial charge >= 0.3 is 5.97 Å². The molecule has 0 aromatic heterocycles. The van der Waals surface area contributed by atoms with Crippen LogP contribution in [0.4, 0.5) is 10.5 Å². The zero-order valence-corrected chi connectivity index (χ0v) is 15.4. The minimum atomic E-state index is -0.920. The molecule has 1 saturated heterocycles. The molecule has 27 heavy (non-hydrogen) atoms. The Morgan fingerprint density at radius 3 is 2.59 bits per heavy atom. The number of rotatable bonds is 6. The van der Waals surface area contributed by atoms with Crippen molar-refractivity contribution < 1.29 is 24.2 Å².